The molecule has 1 spiro atoms. The summed E-state index contributed by atoms with van der Waals surface area (Å²) in [6.07, 6.45) is 0.209. The number of sulfonamides is 1. The summed E-state index contributed by atoms with van der Waals surface area (Å²) < 4.78 is 38.1. The lowest BCUT2D eigenvalue weighted by Crippen LogP contribution is -2.57. The lowest BCUT2D eigenvalue weighted by molar-refractivity contribution is -0.0940. The SMILES string of the molecule is CCN1C[C@]23CN(C(=O)Nc4cccc(OC)c4)C[C@H](C[C@H]2S1(=O)=O)O3. The maximum Gasteiger partial charge on any atom is 0.322 e. The fourth-order valence-corrected chi connectivity index (χ4v) is 6.62. The molecule has 142 valence electrons. The van der Waals surface area contributed by atoms with E-state index in [9.17, 15) is 13.2 Å². The number of fused-ring (bicyclic) bond motifs is 1. The Hall–Kier alpha value is -1.84. The second-order valence-corrected chi connectivity index (χ2v) is 9.16. The van der Waals surface area contributed by atoms with Crippen molar-refractivity contribution in [3.8, 4) is 5.75 Å². The molecule has 0 radical (unpaired) electrons. The van der Waals surface area contributed by atoms with Gasteiger partial charge in [0.05, 0.1) is 19.8 Å². The number of rotatable bonds is 3. The Balaban J connectivity index is 1.53. The van der Waals surface area contributed by atoms with Crippen LogP contribution in [0.3, 0.4) is 0 Å². The van der Waals surface area contributed by atoms with E-state index < -0.39 is 20.9 Å². The second-order valence-electron chi connectivity index (χ2n) is 7.04. The molecule has 3 atom stereocenters. The van der Waals surface area contributed by atoms with E-state index in [0.717, 1.165) is 0 Å². The highest BCUT2D eigenvalue weighted by atomic mass is 32.2. The van der Waals surface area contributed by atoms with E-state index in [0.29, 0.717) is 37.5 Å². The first-order chi connectivity index (χ1) is 12.4. The molecule has 26 heavy (non-hydrogen) atoms. The van der Waals surface area contributed by atoms with Crippen LogP contribution in [0.5, 0.6) is 5.75 Å². The number of likely N-dealkylation sites (N-methyl/N-ethyl adjacent to an activating group) is 1. The molecule has 0 unspecified atom stereocenters. The predicted molar refractivity (Wildman–Crippen MR) is 95.8 cm³/mol. The first-order valence-electron chi connectivity index (χ1n) is 8.75. The van der Waals surface area contributed by atoms with Gasteiger partial charge in [-0.3, -0.25) is 0 Å². The van der Waals surface area contributed by atoms with Gasteiger partial charge in [-0.1, -0.05) is 13.0 Å². The fourth-order valence-electron chi connectivity index (χ4n) is 4.29. The summed E-state index contributed by atoms with van der Waals surface area (Å²) in [6.45, 7) is 3.23. The van der Waals surface area contributed by atoms with E-state index in [1.807, 2.05) is 6.92 Å². The van der Waals surface area contributed by atoms with Crippen LogP contribution in [0.15, 0.2) is 24.3 Å². The van der Waals surface area contributed by atoms with E-state index in [1.54, 1.807) is 36.3 Å². The van der Waals surface area contributed by atoms with Crippen LogP contribution in [0, 0.1) is 0 Å². The van der Waals surface area contributed by atoms with Gasteiger partial charge < -0.3 is 19.7 Å². The van der Waals surface area contributed by atoms with Crippen molar-refractivity contribution in [2.45, 2.75) is 30.3 Å². The van der Waals surface area contributed by atoms with E-state index in [4.69, 9.17) is 9.47 Å². The number of urea groups is 1. The number of carbonyl (C=O) groups excluding carboxylic acids is 1. The number of nitrogens with zero attached hydrogens (tertiary/aromatic N) is 2. The number of likely N-dealkylation sites (tertiary alicyclic amines) is 1. The standard InChI is InChI=1S/C17H23N3O5S/c1-3-20-11-17-10-19(9-14(25-17)8-15(17)26(20,22)23)16(21)18-12-5-4-6-13(7-12)24-2/h4-7,14-15H,3,8-11H2,1-2H3,(H,18,21)/t14-,15+,17+/m0/s1. The van der Waals surface area contributed by atoms with Crippen molar-refractivity contribution in [2.75, 3.05) is 38.6 Å². The summed E-state index contributed by atoms with van der Waals surface area (Å²) in [5.74, 6) is 0.656. The molecule has 2 amide bonds. The third-order valence-electron chi connectivity index (χ3n) is 5.47. The minimum atomic E-state index is -3.36. The zero-order valence-electron chi connectivity index (χ0n) is 14.8. The summed E-state index contributed by atoms with van der Waals surface area (Å²) in [7, 11) is -1.79. The smallest absolute Gasteiger partial charge is 0.322 e. The van der Waals surface area contributed by atoms with E-state index in [2.05, 4.69) is 5.32 Å². The number of hydrogen-bond donors (Lipinski definition) is 1. The number of anilines is 1. The predicted octanol–water partition coefficient (Wildman–Crippen LogP) is 1.10. The van der Waals surface area contributed by atoms with Crippen LogP contribution in [0.2, 0.25) is 0 Å². The highest BCUT2D eigenvalue weighted by Crippen LogP contribution is 2.46. The molecule has 1 N–H and O–H groups in total. The molecule has 0 saturated carbocycles. The Morgan fingerprint density at radius 3 is 2.96 bits per heavy atom. The quantitative estimate of drug-likeness (QED) is 0.847. The Labute approximate surface area is 153 Å². The van der Waals surface area contributed by atoms with Crippen molar-refractivity contribution in [3.05, 3.63) is 24.3 Å². The number of morpholine rings is 1. The molecule has 3 heterocycles. The summed E-state index contributed by atoms with van der Waals surface area (Å²) in [5.41, 5.74) is -0.180. The number of ether oxygens (including phenoxy) is 2. The minimum Gasteiger partial charge on any atom is -0.497 e. The maximum absolute atomic E-state index is 12.7. The van der Waals surface area contributed by atoms with E-state index in [1.165, 1.54) is 4.31 Å². The van der Waals surface area contributed by atoms with Crippen molar-refractivity contribution >= 4 is 21.7 Å². The maximum atomic E-state index is 12.7. The third-order valence-corrected chi connectivity index (χ3v) is 7.92. The number of benzene rings is 1. The van der Waals surface area contributed by atoms with Crippen molar-refractivity contribution in [1.82, 2.24) is 9.21 Å². The largest absolute Gasteiger partial charge is 0.497 e. The van der Waals surface area contributed by atoms with Gasteiger partial charge in [0.25, 0.3) is 0 Å². The van der Waals surface area contributed by atoms with Gasteiger partial charge in [-0.05, 0) is 18.6 Å². The van der Waals surface area contributed by atoms with Crippen molar-refractivity contribution in [3.63, 3.8) is 0 Å². The molecule has 3 saturated heterocycles. The van der Waals surface area contributed by atoms with Crippen LogP contribution in [0.1, 0.15) is 13.3 Å². The van der Waals surface area contributed by atoms with E-state index in [-0.39, 0.29) is 18.7 Å². The van der Waals surface area contributed by atoms with Gasteiger partial charge >= 0.3 is 6.03 Å². The van der Waals surface area contributed by atoms with Gasteiger partial charge in [0.2, 0.25) is 10.0 Å². The number of carbonyl (C=O) groups is 1. The Morgan fingerprint density at radius 2 is 2.23 bits per heavy atom. The molecule has 0 aliphatic carbocycles. The molecule has 3 aliphatic rings. The van der Waals surface area contributed by atoms with Gasteiger partial charge in [0.1, 0.15) is 16.6 Å². The Bertz CT molecular complexity index is 829. The number of amides is 2. The van der Waals surface area contributed by atoms with Crippen LogP contribution < -0.4 is 10.1 Å². The van der Waals surface area contributed by atoms with E-state index >= 15 is 0 Å². The average molecular weight is 381 g/mol. The normalized spacial score (nSPS) is 32.3. The zero-order valence-corrected chi connectivity index (χ0v) is 15.7. The second kappa shape index (κ2) is 6.11. The highest BCUT2D eigenvalue weighted by Gasteiger charge is 2.65. The first kappa shape index (κ1) is 17.6. The highest BCUT2D eigenvalue weighted by molar-refractivity contribution is 7.90. The van der Waals surface area contributed by atoms with Crippen LogP contribution in [0.25, 0.3) is 0 Å². The lowest BCUT2D eigenvalue weighted by atomic mass is 9.99. The molecular weight excluding hydrogens is 358 g/mol. The molecule has 0 aromatic heterocycles. The summed E-state index contributed by atoms with van der Waals surface area (Å²) in [6, 6.07) is 6.88. The fraction of sp³-hybridized carbons (Fsp3) is 0.588. The average Bonchev–Trinajstić information content (AvgIpc) is 3.00. The lowest BCUT2D eigenvalue weighted by Gasteiger charge is -2.39. The molecule has 9 heteroatoms. The van der Waals surface area contributed by atoms with Crippen molar-refractivity contribution in [1.29, 1.82) is 0 Å². The molecule has 1 aromatic rings. The molecule has 1 aromatic carbocycles. The topological polar surface area (TPSA) is 88.2 Å². The zero-order chi connectivity index (χ0) is 18.5. The van der Waals surface area contributed by atoms with Crippen LogP contribution in [-0.4, -0.2) is 73.9 Å². The minimum absolute atomic E-state index is 0.237. The number of methoxy groups -OCH3 is 1. The molecular formula is C17H23N3O5S. The molecule has 3 aliphatic heterocycles. The monoisotopic (exact) mass is 381 g/mol. The Morgan fingerprint density at radius 1 is 1.42 bits per heavy atom. The molecule has 4 rings (SSSR count). The third kappa shape index (κ3) is 2.65. The summed E-state index contributed by atoms with van der Waals surface area (Å²) >= 11 is 0. The number of nitrogens with one attached hydrogen (secondary N) is 1. The summed E-state index contributed by atoms with van der Waals surface area (Å²) in [5, 5.41) is 2.31. The van der Waals surface area contributed by atoms with Crippen molar-refractivity contribution in [2.24, 2.45) is 0 Å². The van der Waals surface area contributed by atoms with Gasteiger partial charge in [-0.15, -0.1) is 0 Å². The van der Waals surface area contributed by atoms with Gasteiger partial charge in [0.15, 0.2) is 0 Å². The van der Waals surface area contributed by atoms with Crippen molar-refractivity contribution < 1.29 is 22.7 Å². The molecule has 3 fully saturated rings. The van der Waals surface area contributed by atoms with Gasteiger partial charge in [0, 0.05) is 31.4 Å². The van der Waals surface area contributed by atoms with Gasteiger partial charge in [-0.25, -0.2) is 13.2 Å². The molecule has 8 nitrogen and oxygen atoms in total. The van der Waals surface area contributed by atoms with Crippen LogP contribution >= 0.6 is 0 Å². The molecule has 2 bridgehead atoms. The first-order valence-corrected chi connectivity index (χ1v) is 10.2. The van der Waals surface area contributed by atoms with Crippen LogP contribution in [0.4, 0.5) is 10.5 Å². The Kier molecular flexibility index (Phi) is 4.13. The van der Waals surface area contributed by atoms with Crippen LogP contribution in [-0.2, 0) is 14.8 Å². The number of hydrogen-bond acceptors (Lipinski definition) is 5. The van der Waals surface area contributed by atoms with Gasteiger partial charge in [-0.2, -0.15) is 4.31 Å². The summed E-state index contributed by atoms with van der Waals surface area (Å²) in [4.78, 5) is 14.4.